The normalized spacial score (nSPS) is 18.7. The summed E-state index contributed by atoms with van der Waals surface area (Å²) in [4.78, 5) is 51.2. The Bertz CT molecular complexity index is 1660. The van der Waals surface area contributed by atoms with Gasteiger partial charge in [-0.2, -0.15) is 13.2 Å². The molecule has 0 radical (unpaired) electrons. The fourth-order valence-corrected chi connectivity index (χ4v) is 5.36. The molecule has 234 valence electrons. The number of ether oxygens (including phenoxy) is 1. The number of phenols is 2. The average Bonchev–Trinajstić information content (AvgIpc) is 3.21. The van der Waals surface area contributed by atoms with E-state index in [1.165, 1.54) is 20.8 Å². The molecule has 1 amide bonds. The molecule has 2 aliphatic rings. The lowest BCUT2D eigenvalue weighted by Crippen LogP contribution is -2.41. The van der Waals surface area contributed by atoms with Crippen molar-refractivity contribution in [3.05, 3.63) is 69.4 Å². The van der Waals surface area contributed by atoms with Gasteiger partial charge in [-0.25, -0.2) is 4.39 Å². The average molecular weight is 619 g/mol. The predicted octanol–water partition coefficient (Wildman–Crippen LogP) is 5.52. The lowest BCUT2D eigenvalue weighted by Gasteiger charge is -2.29. The van der Waals surface area contributed by atoms with Gasteiger partial charge in [-0.05, 0) is 58.7 Å². The number of amides is 1. The van der Waals surface area contributed by atoms with E-state index in [0.29, 0.717) is 37.9 Å². The molecule has 2 aromatic rings. The number of benzene rings is 2. The van der Waals surface area contributed by atoms with Gasteiger partial charge in [0.15, 0.2) is 17.3 Å². The minimum atomic E-state index is -4.84. The van der Waals surface area contributed by atoms with Gasteiger partial charge in [0.05, 0.1) is 16.7 Å². The van der Waals surface area contributed by atoms with Gasteiger partial charge in [-0.3, -0.25) is 19.2 Å². The number of allylic oxidation sites excluding steroid dienone is 4. The summed E-state index contributed by atoms with van der Waals surface area (Å²) in [6.07, 6.45) is -2.20. The molecule has 0 saturated carbocycles. The Labute approximate surface area is 249 Å². The molecule has 1 heterocycles. The SMILES string of the molecule is CC(=O)c1c(O)c(C)c(O)c2c1OC1=CC(=O)/C(=C(/C)NCCCCCC(=O)Nc3ccc(C(F)(F)F)c(F)c3)C(=O)C12C. The van der Waals surface area contributed by atoms with Gasteiger partial charge < -0.3 is 25.6 Å². The van der Waals surface area contributed by atoms with Crippen LogP contribution in [0.3, 0.4) is 0 Å². The molecule has 44 heavy (non-hydrogen) atoms. The number of alkyl halides is 3. The van der Waals surface area contributed by atoms with Crippen molar-refractivity contribution >= 4 is 28.9 Å². The van der Waals surface area contributed by atoms with E-state index >= 15 is 0 Å². The molecule has 1 aliphatic carbocycles. The van der Waals surface area contributed by atoms with E-state index in [2.05, 4.69) is 10.6 Å². The zero-order chi connectivity index (χ0) is 32.7. The van der Waals surface area contributed by atoms with Crippen LogP contribution in [-0.4, -0.2) is 40.0 Å². The third-order valence-corrected chi connectivity index (χ3v) is 7.79. The Kier molecular flexibility index (Phi) is 8.63. The van der Waals surface area contributed by atoms with Crippen LogP contribution in [-0.2, 0) is 26.0 Å². The number of nitrogens with one attached hydrogen (secondary N) is 2. The summed E-state index contributed by atoms with van der Waals surface area (Å²) < 4.78 is 57.6. The number of hydrogen-bond acceptors (Lipinski definition) is 8. The summed E-state index contributed by atoms with van der Waals surface area (Å²) in [6.45, 7) is 5.94. The number of aromatic hydroxyl groups is 2. The monoisotopic (exact) mass is 618 g/mol. The van der Waals surface area contributed by atoms with Gasteiger partial charge in [-0.15, -0.1) is 0 Å². The van der Waals surface area contributed by atoms with Crippen molar-refractivity contribution in [2.24, 2.45) is 0 Å². The van der Waals surface area contributed by atoms with Crippen molar-refractivity contribution in [3.63, 3.8) is 0 Å². The quantitative estimate of drug-likeness (QED) is 0.0947. The van der Waals surface area contributed by atoms with E-state index in [1.54, 1.807) is 6.92 Å². The number of carbonyl (C=O) groups is 4. The molecule has 1 aliphatic heterocycles. The van der Waals surface area contributed by atoms with Crippen molar-refractivity contribution in [2.75, 3.05) is 11.9 Å². The van der Waals surface area contributed by atoms with Crippen LogP contribution in [0.5, 0.6) is 17.2 Å². The molecule has 0 aromatic heterocycles. The largest absolute Gasteiger partial charge is 0.507 e. The van der Waals surface area contributed by atoms with Crippen LogP contribution >= 0.6 is 0 Å². The third-order valence-electron chi connectivity index (χ3n) is 7.79. The summed E-state index contributed by atoms with van der Waals surface area (Å²) in [7, 11) is 0. The maximum Gasteiger partial charge on any atom is 0.419 e. The number of carbonyl (C=O) groups excluding carboxylic acids is 4. The first-order chi connectivity index (χ1) is 20.5. The Morgan fingerprint density at radius 3 is 2.34 bits per heavy atom. The highest BCUT2D eigenvalue weighted by molar-refractivity contribution is 6.31. The van der Waals surface area contributed by atoms with Crippen LogP contribution < -0.4 is 15.4 Å². The second-order valence-electron chi connectivity index (χ2n) is 10.9. The fraction of sp³-hybridized carbons (Fsp3) is 0.355. The third kappa shape index (κ3) is 5.65. The maximum absolute atomic E-state index is 13.8. The zero-order valence-electron chi connectivity index (χ0n) is 24.3. The van der Waals surface area contributed by atoms with Crippen molar-refractivity contribution in [1.29, 1.82) is 0 Å². The predicted molar refractivity (Wildman–Crippen MR) is 150 cm³/mol. The van der Waals surface area contributed by atoms with E-state index in [-0.39, 0.29) is 51.6 Å². The summed E-state index contributed by atoms with van der Waals surface area (Å²) >= 11 is 0. The van der Waals surface area contributed by atoms with Gasteiger partial charge in [0, 0.05) is 36.0 Å². The minimum Gasteiger partial charge on any atom is -0.507 e. The first kappa shape index (κ1) is 32.2. The van der Waals surface area contributed by atoms with Gasteiger partial charge in [0.1, 0.15) is 39.8 Å². The van der Waals surface area contributed by atoms with Gasteiger partial charge in [-0.1, -0.05) is 6.42 Å². The molecule has 2 aromatic carbocycles. The Morgan fingerprint density at radius 2 is 1.73 bits per heavy atom. The zero-order valence-corrected chi connectivity index (χ0v) is 24.3. The van der Waals surface area contributed by atoms with Crippen LogP contribution in [0.25, 0.3) is 0 Å². The molecule has 4 rings (SSSR count). The number of Topliss-reactive ketones (excluding diaryl/α,β-unsaturated/α-hetero) is 2. The first-order valence-corrected chi connectivity index (χ1v) is 13.7. The Balaban J connectivity index is 1.38. The highest BCUT2D eigenvalue weighted by Crippen LogP contribution is 2.57. The number of ketones is 3. The van der Waals surface area contributed by atoms with E-state index in [4.69, 9.17) is 4.74 Å². The van der Waals surface area contributed by atoms with Gasteiger partial charge in [0.2, 0.25) is 5.91 Å². The summed E-state index contributed by atoms with van der Waals surface area (Å²) in [5.41, 5.74) is -3.25. The van der Waals surface area contributed by atoms with Crippen LogP contribution in [0.4, 0.5) is 23.2 Å². The second kappa shape index (κ2) is 11.8. The maximum atomic E-state index is 13.8. The number of halogens is 4. The van der Waals surface area contributed by atoms with E-state index in [1.807, 2.05) is 0 Å². The second-order valence-corrected chi connectivity index (χ2v) is 10.9. The molecule has 0 bridgehead atoms. The molecular formula is C31H30F4N2O7. The Morgan fingerprint density at radius 1 is 1.05 bits per heavy atom. The summed E-state index contributed by atoms with van der Waals surface area (Å²) in [6, 6.07) is 2.14. The van der Waals surface area contributed by atoms with Crippen LogP contribution in [0.2, 0.25) is 0 Å². The van der Waals surface area contributed by atoms with Crippen molar-refractivity contribution < 1.29 is 51.7 Å². The number of anilines is 1. The fourth-order valence-electron chi connectivity index (χ4n) is 5.36. The number of phenolic OH excluding ortho intramolecular Hbond substituents is 2. The smallest absolute Gasteiger partial charge is 0.419 e. The topological polar surface area (TPSA) is 142 Å². The molecule has 9 nitrogen and oxygen atoms in total. The molecule has 4 N–H and O–H groups in total. The lowest BCUT2D eigenvalue weighted by atomic mass is 9.70. The molecule has 0 fully saturated rings. The van der Waals surface area contributed by atoms with E-state index in [0.717, 1.165) is 12.1 Å². The highest BCUT2D eigenvalue weighted by Gasteiger charge is 2.56. The molecule has 0 spiro atoms. The van der Waals surface area contributed by atoms with E-state index < -0.39 is 57.7 Å². The molecule has 13 heteroatoms. The van der Waals surface area contributed by atoms with E-state index in [9.17, 15) is 47.0 Å². The Hall–Kier alpha value is -4.68. The molecular weight excluding hydrogens is 588 g/mol. The molecule has 1 unspecified atom stereocenters. The number of hydrogen-bond donors (Lipinski definition) is 4. The van der Waals surface area contributed by atoms with Crippen molar-refractivity contribution in [2.45, 2.75) is 65.0 Å². The summed E-state index contributed by atoms with van der Waals surface area (Å²) in [5.74, 6) is -4.98. The lowest BCUT2D eigenvalue weighted by molar-refractivity contribution is -0.140. The number of fused-ring (bicyclic) bond motifs is 3. The van der Waals surface area contributed by atoms with Gasteiger partial charge >= 0.3 is 6.18 Å². The highest BCUT2D eigenvalue weighted by atomic mass is 19.4. The number of unbranched alkanes of at least 4 members (excludes halogenated alkanes) is 2. The van der Waals surface area contributed by atoms with Crippen molar-refractivity contribution in [1.82, 2.24) is 5.32 Å². The standard InChI is InChI=1S/C31H30F4N2O7/c1-14-26(41)24(16(3)38)28-25(27(14)42)30(4)21(44-28)13-20(39)23(29(30)43)15(2)36-11-7-5-6-8-22(40)37-17-9-10-18(19(32)12-17)31(33,34)35/h9-10,12-13,36,41-42H,5-8,11H2,1-4H3,(H,37,40)/b23-15+. The first-order valence-electron chi connectivity index (χ1n) is 13.7. The van der Waals surface area contributed by atoms with Crippen LogP contribution in [0, 0.1) is 12.7 Å². The molecule has 1 atom stereocenters. The molecule has 0 saturated heterocycles. The summed E-state index contributed by atoms with van der Waals surface area (Å²) in [5, 5.41) is 26.7. The minimum absolute atomic E-state index is 0.00898. The number of rotatable bonds is 9. The van der Waals surface area contributed by atoms with Crippen LogP contribution in [0.1, 0.15) is 73.5 Å². The van der Waals surface area contributed by atoms with Crippen molar-refractivity contribution in [3.8, 4) is 17.2 Å². The van der Waals surface area contributed by atoms with Crippen LogP contribution in [0.15, 0.2) is 41.3 Å². The van der Waals surface area contributed by atoms with Gasteiger partial charge in [0.25, 0.3) is 0 Å².